The average molecular weight is 414 g/mol. The Bertz CT molecular complexity index is 1240. The first-order valence-corrected chi connectivity index (χ1v) is 10.6. The first-order chi connectivity index (χ1) is 15.3. The average Bonchev–Trinajstić information content (AvgIpc) is 3.49. The van der Waals surface area contributed by atoms with Gasteiger partial charge in [-0.3, -0.25) is 0 Å². The molecule has 0 bridgehead atoms. The summed E-state index contributed by atoms with van der Waals surface area (Å²) >= 11 is 0. The minimum atomic E-state index is -0.381. The van der Waals surface area contributed by atoms with Gasteiger partial charge in [-0.05, 0) is 46.9 Å². The summed E-state index contributed by atoms with van der Waals surface area (Å²) in [5.74, 6) is 2.80. The van der Waals surface area contributed by atoms with Crippen LogP contribution in [0.15, 0.2) is 65.1 Å². The van der Waals surface area contributed by atoms with Gasteiger partial charge in [0.05, 0.1) is 11.8 Å². The molecular formula is C25H22N2O4. The molecule has 2 aliphatic rings. The normalized spacial score (nSPS) is 17.2. The fraction of sp³-hybridized carbons (Fsp3) is 0.280. The highest BCUT2D eigenvalue weighted by Gasteiger charge is 2.42. The second-order valence-corrected chi connectivity index (χ2v) is 8.12. The largest absolute Gasteiger partial charge is 0.454 e. The molecule has 0 radical (unpaired) electrons. The van der Waals surface area contributed by atoms with Crippen LogP contribution in [0.25, 0.3) is 10.8 Å². The highest BCUT2D eigenvalue weighted by atomic mass is 16.7. The molecule has 0 N–H and O–H groups in total. The van der Waals surface area contributed by atoms with Gasteiger partial charge in [0.2, 0.25) is 18.6 Å². The maximum absolute atomic E-state index is 6.27. The van der Waals surface area contributed by atoms with E-state index in [1.54, 1.807) is 0 Å². The quantitative estimate of drug-likeness (QED) is 0.485. The Balaban J connectivity index is 1.34. The lowest BCUT2D eigenvalue weighted by Gasteiger charge is -2.34. The molecule has 6 nitrogen and oxygen atoms in total. The topological polar surface area (TPSA) is 66.6 Å². The molecule has 2 aliphatic heterocycles. The number of hydrogen-bond donors (Lipinski definition) is 0. The van der Waals surface area contributed by atoms with Gasteiger partial charge >= 0.3 is 0 Å². The van der Waals surface area contributed by atoms with Gasteiger partial charge in [-0.15, -0.1) is 10.2 Å². The Labute approximate surface area is 179 Å². The standard InChI is InChI=1S/C25H22N2O4/c1-2-4-19-13-17(5-6-18(19)3-1)14-23-26-27-24(31-23)25(9-11-28-12-10-25)20-7-8-21-22(15-20)30-16-29-21/h1-8,13,15H,9-12,14,16H2. The molecule has 1 fully saturated rings. The summed E-state index contributed by atoms with van der Waals surface area (Å²) < 4.78 is 23.0. The van der Waals surface area contributed by atoms with Crippen molar-refractivity contribution in [1.29, 1.82) is 0 Å². The zero-order valence-corrected chi connectivity index (χ0v) is 17.0. The van der Waals surface area contributed by atoms with Crippen molar-refractivity contribution in [3.63, 3.8) is 0 Å². The van der Waals surface area contributed by atoms with Gasteiger partial charge in [-0.2, -0.15) is 0 Å². The van der Waals surface area contributed by atoms with Gasteiger partial charge < -0.3 is 18.6 Å². The SMILES string of the molecule is c1ccc2cc(Cc3nnc(C4(c5ccc6c(c5)OCO6)CCOCC4)o3)ccc2c1. The number of benzene rings is 3. The molecule has 0 spiro atoms. The van der Waals surface area contributed by atoms with Crippen LogP contribution in [0.1, 0.15) is 35.7 Å². The lowest BCUT2D eigenvalue weighted by atomic mass is 9.74. The molecule has 3 aromatic carbocycles. The second kappa shape index (κ2) is 7.39. The molecule has 1 saturated heterocycles. The van der Waals surface area contributed by atoms with E-state index in [9.17, 15) is 0 Å². The minimum absolute atomic E-state index is 0.255. The van der Waals surface area contributed by atoms with E-state index in [1.807, 2.05) is 12.1 Å². The summed E-state index contributed by atoms with van der Waals surface area (Å²) in [5.41, 5.74) is 1.87. The molecule has 0 aliphatic carbocycles. The predicted octanol–water partition coefficient (Wildman–Crippen LogP) is 4.64. The van der Waals surface area contributed by atoms with E-state index in [-0.39, 0.29) is 12.2 Å². The summed E-state index contributed by atoms with van der Waals surface area (Å²) in [5, 5.41) is 11.3. The number of ether oxygens (including phenoxy) is 3. The second-order valence-electron chi connectivity index (χ2n) is 8.12. The zero-order chi connectivity index (χ0) is 20.7. The first-order valence-electron chi connectivity index (χ1n) is 10.6. The van der Waals surface area contributed by atoms with Crippen LogP contribution in [0.3, 0.4) is 0 Å². The van der Waals surface area contributed by atoms with Crippen molar-refractivity contribution >= 4 is 10.8 Å². The monoisotopic (exact) mass is 414 g/mol. The van der Waals surface area contributed by atoms with Gasteiger partial charge in [0.25, 0.3) is 0 Å². The molecule has 6 heteroatoms. The molecule has 4 aromatic rings. The van der Waals surface area contributed by atoms with Gasteiger partial charge in [0.1, 0.15) is 0 Å². The van der Waals surface area contributed by atoms with Gasteiger partial charge in [0, 0.05) is 13.2 Å². The van der Waals surface area contributed by atoms with Crippen molar-refractivity contribution in [1.82, 2.24) is 10.2 Å². The molecular weight excluding hydrogens is 392 g/mol. The van der Waals surface area contributed by atoms with Crippen molar-refractivity contribution < 1.29 is 18.6 Å². The Morgan fingerprint density at radius 3 is 2.55 bits per heavy atom. The fourth-order valence-electron chi connectivity index (χ4n) is 4.58. The minimum Gasteiger partial charge on any atom is -0.454 e. The summed E-state index contributed by atoms with van der Waals surface area (Å²) in [4.78, 5) is 0. The van der Waals surface area contributed by atoms with Gasteiger partial charge in [0.15, 0.2) is 11.5 Å². The predicted molar refractivity (Wildman–Crippen MR) is 114 cm³/mol. The third-order valence-corrected chi connectivity index (χ3v) is 6.32. The number of nitrogens with zero attached hydrogens (tertiary/aromatic N) is 2. The third kappa shape index (κ3) is 3.24. The number of fused-ring (bicyclic) bond motifs is 2. The van der Waals surface area contributed by atoms with Crippen LogP contribution in [-0.4, -0.2) is 30.2 Å². The van der Waals surface area contributed by atoms with E-state index in [4.69, 9.17) is 18.6 Å². The Morgan fingerprint density at radius 2 is 1.65 bits per heavy atom. The summed E-state index contributed by atoms with van der Waals surface area (Å²) in [6.07, 6.45) is 2.17. The first kappa shape index (κ1) is 18.4. The van der Waals surface area contributed by atoms with Crippen LogP contribution >= 0.6 is 0 Å². The maximum Gasteiger partial charge on any atom is 0.231 e. The third-order valence-electron chi connectivity index (χ3n) is 6.32. The number of rotatable bonds is 4. The number of hydrogen-bond acceptors (Lipinski definition) is 6. The van der Waals surface area contributed by atoms with Gasteiger partial charge in [-0.1, -0.05) is 48.5 Å². The molecule has 3 heterocycles. The molecule has 31 heavy (non-hydrogen) atoms. The van der Waals surface area contributed by atoms with Crippen LogP contribution in [0, 0.1) is 0 Å². The Morgan fingerprint density at radius 1 is 0.806 bits per heavy atom. The number of aromatic nitrogens is 2. The lowest BCUT2D eigenvalue weighted by molar-refractivity contribution is 0.0540. The van der Waals surface area contributed by atoms with E-state index in [0.717, 1.165) is 35.5 Å². The van der Waals surface area contributed by atoms with E-state index < -0.39 is 0 Å². The molecule has 0 atom stereocenters. The van der Waals surface area contributed by atoms with Crippen LogP contribution in [0.4, 0.5) is 0 Å². The molecule has 0 amide bonds. The summed E-state index contributed by atoms with van der Waals surface area (Å²) in [6.45, 7) is 1.55. The van der Waals surface area contributed by atoms with Crippen molar-refractivity contribution in [3.8, 4) is 11.5 Å². The van der Waals surface area contributed by atoms with Crippen molar-refractivity contribution in [3.05, 3.63) is 83.6 Å². The molecule has 6 rings (SSSR count). The highest BCUT2D eigenvalue weighted by molar-refractivity contribution is 5.83. The molecule has 0 saturated carbocycles. The van der Waals surface area contributed by atoms with Crippen LogP contribution < -0.4 is 9.47 Å². The Kier molecular flexibility index (Phi) is 4.39. The van der Waals surface area contributed by atoms with Crippen LogP contribution in [0.5, 0.6) is 11.5 Å². The summed E-state index contributed by atoms with van der Waals surface area (Å²) in [6, 6.07) is 20.9. The van der Waals surface area contributed by atoms with Crippen molar-refractivity contribution in [2.24, 2.45) is 0 Å². The van der Waals surface area contributed by atoms with Crippen LogP contribution in [0.2, 0.25) is 0 Å². The van der Waals surface area contributed by atoms with E-state index in [0.29, 0.717) is 31.4 Å². The van der Waals surface area contributed by atoms with Crippen LogP contribution in [-0.2, 0) is 16.6 Å². The molecule has 1 aromatic heterocycles. The Hall–Kier alpha value is -3.38. The van der Waals surface area contributed by atoms with Gasteiger partial charge in [-0.25, -0.2) is 0 Å². The summed E-state index contributed by atoms with van der Waals surface area (Å²) in [7, 11) is 0. The molecule has 156 valence electrons. The highest BCUT2D eigenvalue weighted by Crippen LogP contribution is 2.44. The lowest BCUT2D eigenvalue weighted by Crippen LogP contribution is -2.35. The molecule has 0 unspecified atom stereocenters. The van der Waals surface area contributed by atoms with Crippen molar-refractivity contribution in [2.75, 3.05) is 20.0 Å². The van der Waals surface area contributed by atoms with E-state index in [1.165, 1.54) is 10.8 Å². The maximum atomic E-state index is 6.27. The smallest absolute Gasteiger partial charge is 0.231 e. The zero-order valence-electron chi connectivity index (χ0n) is 17.0. The van der Waals surface area contributed by atoms with Crippen molar-refractivity contribution in [2.45, 2.75) is 24.7 Å². The fourth-order valence-corrected chi connectivity index (χ4v) is 4.58. The van der Waals surface area contributed by atoms with E-state index in [2.05, 4.69) is 58.7 Å². The van der Waals surface area contributed by atoms with E-state index >= 15 is 0 Å².